The van der Waals surface area contributed by atoms with Crippen LogP contribution in [0.25, 0.3) is 0 Å². The smallest absolute Gasteiger partial charge is 0.194 e. The van der Waals surface area contributed by atoms with Gasteiger partial charge in [-0.3, -0.25) is 10.1 Å². The van der Waals surface area contributed by atoms with Crippen LogP contribution in [0.3, 0.4) is 0 Å². The molecule has 58 heavy (non-hydrogen) atoms. The number of nitro groups is 1. The molecule has 0 bridgehead atoms. The summed E-state index contributed by atoms with van der Waals surface area (Å²) in [5.74, 6) is 1.88. The van der Waals surface area contributed by atoms with E-state index in [2.05, 4.69) is 162 Å². The highest BCUT2D eigenvalue weighted by molar-refractivity contribution is 14.0. The Kier molecular flexibility index (Phi) is 27.8. The predicted octanol–water partition coefficient (Wildman–Crippen LogP) is 13.1. The van der Waals surface area contributed by atoms with Gasteiger partial charge in [-0.15, -0.1) is 48.0 Å². The molecule has 0 fully saturated rings. The third kappa shape index (κ3) is 16.1. The van der Waals surface area contributed by atoms with Crippen LogP contribution in [0.15, 0.2) is 73.1 Å². The molecular weight excluding hydrogens is 946 g/mol. The zero-order valence-corrected chi connectivity index (χ0v) is 43.1. The SMILES string of the molecule is CCC(C)(CC)c1cnc(Cc2ccccc2)nc1C(C)(CC)CC.CCC(C)(CC)c1cnc(Cc2ccccc2)nc1C(C)(CC)CC.CN.C[N+](=O)[O-].I.I. The van der Waals surface area contributed by atoms with Crippen molar-refractivity contribution >= 4 is 48.0 Å². The van der Waals surface area contributed by atoms with E-state index in [1.54, 1.807) is 0 Å². The molecular formula is C48H78I2N6O2. The van der Waals surface area contributed by atoms with Gasteiger partial charge >= 0.3 is 0 Å². The largest absolute Gasteiger partial charge is 0.333 e. The molecule has 0 atom stereocenters. The van der Waals surface area contributed by atoms with Crippen molar-refractivity contribution in [1.29, 1.82) is 0 Å². The summed E-state index contributed by atoms with van der Waals surface area (Å²) in [5, 5.41) is 8.81. The summed E-state index contributed by atoms with van der Waals surface area (Å²) in [6, 6.07) is 21.0. The standard InChI is InChI=1S/2C23H34N2.CH3NO2.CH5N.2HI/c2*1-7-22(5,8-2)19-17-24-20(16-18-14-12-11-13-15-18)25-21(19)23(6,9-3)10-4;1-2(3)4;1-2;;/h2*11-15,17H,7-10,16H2,1-6H3;1H3;2H2,1H3;2*1H. The van der Waals surface area contributed by atoms with E-state index in [0.717, 1.165) is 82.9 Å². The Balaban J connectivity index is 0. The molecule has 10 heteroatoms. The minimum absolute atomic E-state index is 0. The summed E-state index contributed by atoms with van der Waals surface area (Å²) in [6.07, 6.45) is 14.7. The van der Waals surface area contributed by atoms with Crippen LogP contribution in [0.4, 0.5) is 0 Å². The molecule has 2 aromatic heterocycles. The lowest BCUT2D eigenvalue weighted by molar-refractivity contribution is -0.445. The van der Waals surface area contributed by atoms with E-state index >= 15 is 0 Å². The Morgan fingerprint density at radius 3 is 0.983 bits per heavy atom. The van der Waals surface area contributed by atoms with Crippen LogP contribution >= 0.6 is 48.0 Å². The predicted molar refractivity (Wildman–Crippen MR) is 268 cm³/mol. The van der Waals surface area contributed by atoms with E-state index in [1.807, 2.05) is 0 Å². The maximum atomic E-state index is 8.81. The molecule has 2 aromatic carbocycles. The van der Waals surface area contributed by atoms with Gasteiger partial charge in [-0.2, -0.15) is 0 Å². The molecule has 4 aromatic rings. The van der Waals surface area contributed by atoms with Crippen LogP contribution in [0.1, 0.15) is 180 Å². The number of hydrogen-bond acceptors (Lipinski definition) is 7. The molecule has 0 amide bonds. The molecule has 2 heterocycles. The number of nitrogens with two attached hydrogens (primary N) is 1. The van der Waals surface area contributed by atoms with Crippen molar-refractivity contribution in [3.05, 3.63) is 128 Å². The van der Waals surface area contributed by atoms with E-state index in [4.69, 9.17) is 30.1 Å². The summed E-state index contributed by atoms with van der Waals surface area (Å²) in [4.78, 5) is 28.1. The lowest BCUT2D eigenvalue weighted by Crippen LogP contribution is -2.31. The first kappa shape index (κ1) is 57.5. The Hall–Kier alpha value is -2.58. The maximum Gasteiger partial charge on any atom is 0.194 e. The summed E-state index contributed by atoms with van der Waals surface area (Å²) in [5.41, 5.74) is 12.8. The van der Waals surface area contributed by atoms with Crippen molar-refractivity contribution < 1.29 is 4.92 Å². The van der Waals surface area contributed by atoms with E-state index < -0.39 is 4.92 Å². The molecule has 0 aliphatic carbocycles. The Morgan fingerprint density at radius 2 is 0.759 bits per heavy atom. The van der Waals surface area contributed by atoms with Gasteiger partial charge in [-0.25, -0.2) is 19.9 Å². The maximum absolute atomic E-state index is 8.81. The number of benzene rings is 2. The third-order valence-corrected chi connectivity index (χ3v) is 12.8. The van der Waals surface area contributed by atoms with Crippen LogP contribution in [-0.2, 0) is 34.5 Å². The Labute approximate surface area is 387 Å². The van der Waals surface area contributed by atoms with E-state index in [1.165, 1.54) is 40.7 Å². The molecule has 0 aliphatic rings. The third-order valence-electron chi connectivity index (χ3n) is 12.8. The van der Waals surface area contributed by atoms with E-state index in [-0.39, 0.29) is 69.6 Å². The quantitative estimate of drug-likeness (QED) is 0.0674. The van der Waals surface area contributed by atoms with Crippen molar-refractivity contribution in [2.75, 3.05) is 14.1 Å². The average Bonchev–Trinajstić information content (AvgIpc) is 3.24. The second kappa shape index (κ2) is 28.0. The highest BCUT2D eigenvalue weighted by atomic mass is 127. The minimum atomic E-state index is -0.500. The molecule has 8 nitrogen and oxygen atoms in total. The normalized spacial score (nSPS) is 11.2. The highest BCUT2D eigenvalue weighted by Gasteiger charge is 2.36. The van der Waals surface area contributed by atoms with Crippen LogP contribution in [0.2, 0.25) is 0 Å². The fraction of sp³-hybridized carbons (Fsp3) is 0.583. The van der Waals surface area contributed by atoms with Crippen molar-refractivity contribution in [2.45, 2.75) is 169 Å². The van der Waals surface area contributed by atoms with Gasteiger partial charge in [-0.05, 0) is 91.5 Å². The summed E-state index contributed by atoms with van der Waals surface area (Å²) >= 11 is 0. The van der Waals surface area contributed by atoms with Crippen molar-refractivity contribution in [1.82, 2.24) is 19.9 Å². The minimum Gasteiger partial charge on any atom is -0.333 e. The van der Waals surface area contributed by atoms with Gasteiger partial charge in [0.25, 0.3) is 0 Å². The first-order valence-corrected chi connectivity index (χ1v) is 21.0. The van der Waals surface area contributed by atoms with Gasteiger partial charge in [-0.1, -0.05) is 144 Å². The van der Waals surface area contributed by atoms with Crippen LogP contribution < -0.4 is 5.73 Å². The Bertz CT molecular complexity index is 1580. The summed E-state index contributed by atoms with van der Waals surface area (Å²) in [6.45, 7) is 27.7. The molecule has 0 spiro atoms. The van der Waals surface area contributed by atoms with Gasteiger partial charge in [0.15, 0.2) is 7.05 Å². The topological polar surface area (TPSA) is 121 Å². The molecule has 0 saturated heterocycles. The van der Waals surface area contributed by atoms with Gasteiger partial charge in [0.1, 0.15) is 11.6 Å². The molecule has 0 aliphatic heterocycles. The van der Waals surface area contributed by atoms with Gasteiger partial charge in [0, 0.05) is 41.0 Å². The van der Waals surface area contributed by atoms with E-state index in [0.29, 0.717) is 0 Å². The summed E-state index contributed by atoms with van der Waals surface area (Å²) < 4.78 is 0. The second-order valence-corrected chi connectivity index (χ2v) is 15.9. The monoisotopic (exact) mass is 1020 g/mol. The zero-order chi connectivity index (χ0) is 42.6. The molecule has 0 saturated carbocycles. The fourth-order valence-corrected chi connectivity index (χ4v) is 6.80. The second-order valence-electron chi connectivity index (χ2n) is 15.9. The van der Waals surface area contributed by atoms with Crippen molar-refractivity contribution in [3.63, 3.8) is 0 Å². The molecule has 0 radical (unpaired) electrons. The van der Waals surface area contributed by atoms with Crippen LogP contribution in [0.5, 0.6) is 0 Å². The lowest BCUT2D eigenvalue weighted by atomic mass is 9.70. The molecule has 4 rings (SSSR count). The number of aromatic nitrogens is 4. The van der Waals surface area contributed by atoms with Crippen LogP contribution in [-0.4, -0.2) is 39.0 Å². The molecule has 0 unspecified atom stereocenters. The average molecular weight is 1020 g/mol. The van der Waals surface area contributed by atoms with Crippen molar-refractivity contribution in [3.8, 4) is 0 Å². The van der Waals surface area contributed by atoms with E-state index in [9.17, 15) is 0 Å². The number of nitrogens with zero attached hydrogens (tertiary/aromatic N) is 5. The summed E-state index contributed by atoms with van der Waals surface area (Å²) in [7, 11) is 2.39. The number of hydrogen-bond donors (Lipinski definition) is 1. The van der Waals surface area contributed by atoms with Gasteiger partial charge in [0.2, 0.25) is 0 Å². The Morgan fingerprint density at radius 1 is 0.517 bits per heavy atom. The molecule has 2 N–H and O–H groups in total. The first-order chi connectivity index (χ1) is 26.6. The van der Waals surface area contributed by atoms with Crippen LogP contribution in [0, 0.1) is 10.1 Å². The van der Waals surface area contributed by atoms with Gasteiger partial charge < -0.3 is 5.73 Å². The number of rotatable bonds is 16. The van der Waals surface area contributed by atoms with Crippen molar-refractivity contribution in [2.24, 2.45) is 5.73 Å². The first-order valence-electron chi connectivity index (χ1n) is 21.0. The fourth-order valence-electron chi connectivity index (χ4n) is 6.80. The molecule has 326 valence electrons. The highest BCUT2D eigenvalue weighted by Crippen LogP contribution is 2.41. The number of halogens is 2. The van der Waals surface area contributed by atoms with Gasteiger partial charge in [0.05, 0.1) is 11.4 Å². The zero-order valence-electron chi connectivity index (χ0n) is 38.4. The lowest BCUT2D eigenvalue weighted by Gasteiger charge is -2.35.